The molecular formula is C20H23F3N4O4S. The molecule has 0 bridgehead atoms. The maximum Gasteiger partial charge on any atom is 0.490 e. The lowest BCUT2D eigenvalue weighted by Crippen LogP contribution is -2.43. The van der Waals surface area contributed by atoms with Crippen molar-refractivity contribution in [1.29, 1.82) is 0 Å². The molecule has 12 heteroatoms. The van der Waals surface area contributed by atoms with Crippen LogP contribution in [0.25, 0.3) is 0 Å². The number of nitrogens with zero attached hydrogens (tertiary/aromatic N) is 4. The molecule has 2 aliphatic heterocycles. The summed E-state index contributed by atoms with van der Waals surface area (Å²) in [5.74, 6) is -2.75. The van der Waals surface area contributed by atoms with Crippen LogP contribution in [0.4, 0.5) is 13.2 Å². The van der Waals surface area contributed by atoms with Gasteiger partial charge in [0.05, 0.1) is 19.8 Å². The smallest absolute Gasteiger partial charge is 0.475 e. The van der Waals surface area contributed by atoms with Gasteiger partial charge in [-0.3, -0.25) is 14.7 Å². The normalized spacial score (nSPS) is 21.7. The Morgan fingerprint density at radius 3 is 2.59 bits per heavy atom. The minimum Gasteiger partial charge on any atom is -0.475 e. The minimum absolute atomic E-state index is 0.00356. The second-order valence-corrected chi connectivity index (χ2v) is 8.66. The molecule has 2 aromatic heterocycles. The molecule has 32 heavy (non-hydrogen) atoms. The van der Waals surface area contributed by atoms with Gasteiger partial charge in [0.15, 0.2) is 0 Å². The lowest BCUT2D eigenvalue weighted by atomic mass is 9.87. The van der Waals surface area contributed by atoms with Crippen LogP contribution >= 0.6 is 11.3 Å². The third kappa shape index (κ3) is 6.47. The lowest BCUT2D eigenvalue weighted by Gasteiger charge is -2.31. The number of amides is 1. The van der Waals surface area contributed by atoms with E-state index >= 15 is 0 Å². The fraction of sp³-hybridized carbons (Fsp3) is 0.500. The van der Waals surface area contributed by atoms with Crippen molar-refractivity contribution >= 4 is 23.2 Å². The molecule has 0 radical (unpaired) electrons. The van der Waals surface area contributed by atoms with E-state index in [9.17, 15) is 18.0 Å². The van der Waals surface area contributed by atoms with Gasteiger partial charge in [0.1, 0.15) is 10.7 Å². The molecule has 2 saturated heterocycles. The first kappa shape index (κ1) is 24.1. The molecule has 1 N–H and O–H groups in total. The fourth-order valence-corrected chi connectivity index (χ4v) is 4.41. The van der Waals surface area contributed by atoms with Crippen LogP contribution in [0.2, 0.25) is 0 Å². The Bertz CT molecular complexity index is 898. The van der Waals surface area contributed by atoms with Gasteiger partial charge in [-0.2, -0.15) is 13.2 Å². The summed E-state index contributed by atoms with van der Waals surface area (Å²) in [5.41, 5.74) is 0.523. The van der Waals surface area contributed by atoms with Gasteiger partial charge in [-0.15, -0.1) is 11.3 Å². The summed E-state index contributed by atoms with van der Waals surface area (Å²) < 4.78 is 37.6. The molecular weight excluding hydrogens is 449 g/mol. The zero-order valence-corrected chi connectivity index (χ0v) is 17.9. The van der Waals surface area contributed by atoms with Gasteiger partial charge in [-0.05, 0) is 25.1 Å². The molecule has 2 aromatic rings. The van der Waals surface area contributed by atoms with E-state index in [1.807, 2.05) is 28.6 Å². The van der Waals surface area contributed by atoms with Gasteiger partial charge < -0.3 is 14.7 Å². The molecule has 0 saturated carbocycles. The van der Waals surface area contributed by atoms with Gasteiger partial charge in [0.25, 0.3) is 5.91 Å². The Kier molecular flexibility index (Phi) is 7.80. The molecule has 0 aromatic carbocycles. The molecule has 1 atom stereocenters. The molecule has 4 heterocycles. The first-order valence-electron chi connectivity index (χ1n) is 9.87. The number of ether oxygens (including phenoxy) is 1. The number of hydrogen-bond acceptors (Lipinski definition) is 7. The highest BCUT2D eigenvalue weighted by molar-refractivity contribution is 7.09. The van der Waals surface area contributed by atoms with Gasteiger partial charge in [-0.25, -0.2) is 9.78 Å². The average Bonchev–Trinajstić information content (AvgIpc) is 3.35. The van der Waals surface area contributed by atoms with Crippen molar-refractivity contribution in [2.45, 2.75) is 19.1 Å². The van der Waals surface area contributed by atoms with E-state index in [0.717, 1.165) is 37.6 Å². The Balaban J connectivity index is 0.000000360. The SMILES string of the molecule is O=C(O)C(F)(F)F.O=C(c1ccccn1)N1CCOCC2(CCN(Cc3nccs3)C2)C1. The summed E-state index contributed by atoms with van der Waals surface area (Å²) in [5, 5.41) is 10.3. The van der Waals surface area contributed by atoms with Crippen molar-refractivity contribution in [2.75, 3.05) is 39.4 Å². The van der Waals surface area contributed by atoms with Crippen LogP contribution < -0.4 is 0 Å². The van der Waals surface area contributed by atoms with Gasteiger partial charge >= 0.3 is 12.1 Å². The average molecular weight is 472 g/mol. The number of aromatic nitrogens is 2. The van der Waals surface area contributed by atoms with Crippen LogP contribution in [0, 0.1) is 5.41 Å². The second-order valence-electron chi connectivity index (χ2n) is 7.68. The first-order chi connectivity index (χ1) is 15.2. The summed E-state index contributed by atoms with van der Waals surface area (Å²) in [6.45, 7) is 5.52. The summed E-state index contributed by atoms with van der Waals surface area (Å²) in [4.78, 5) is 34.7. The predicted octanol–water partition coefficient (Wildman–Crippen LogP) is 2.54. The minimum atomic E-state index is -5.08. The van der Waals surface area contributed by atoms with Crippen LogP contribution in [0.3, 0.4) is 0 Å². The van der Waals surface area contributed by atoms with Gasteiger partial charge in [-0.1, -0.05) is 6.07 Å². The number of carboxylic acid groups (broad SMARTS) is 1. The Labute approximate surface area is 186 Å². The molecule has 2 aliphatic rings. The van der Waals surface area contributed by atoms with E-state index in [2.05, 4.69) is 14.9 Å². The number of hydrogen-bond donors (Lipinski definition) is 1. The predicted molar refractivity (Wildman–Crippen MR) is 109 cm³/mol. The summed E-state index contributed by atoms with van der Waals surface area (Å²) in [6, 6.07) is 5.47. The zero-order chi connectivity index (χ0) is 23.2. The summed E-state index contributed by atoms with van der Waals surface area (Å²) in [7, 11) is 0. The molecule has 1 unspecified atom stereocenters. The Morgan fingerprint density at radius 1 is 1.19 bits per heavy atom. The largest absolute Gasteiger partial charge is 0.490 e. The highest BCUT2D eigenvalue weighted by Gasteiger charge is 2.42. The quantitative estimate of drug-likeness (QED) is 0.734. The van der Waals surface area contributed by atoms with E-state index in [0.29, 0.717) is 25.5 Å². The van der Waals surface area contributed by atoms with Crippen LogP contribution in [0.5, 0.6) is 0 Å². The van der Waals surface area contributed by atoms with E-state index in [4.69, 9.17) is 14.6 Å². The van der Waals surface area contributed by atoms with Crippen molar-refractivity contribution in [3.05, 3.63) is 46.7 Å². The number of rotatable bonds is 3. The van der Waals surface area contributed by atoms with E-state index in [1.54, 1.807) is 23.6 Å². The number of carbonyl (C=O) groups is 2. The molecule has 8 nitrogen and oxygen atoms in total. The maximum absolute atomic E-state index is 12.8. The third-order valence-electron chi connectivity index (χ3n) is 5.21. The highest BCUT2D eigenvalue weighted by Crippen LogP contribution is 2.34. The number of aliphatic carboxylic acids is 1. The Hall–Kier alpha value is -2.57. The number of thiazole rings is 1. The highest BCUT2D eigenvalue weighted by atomic mass is 32.1. The molecule has 1 amide bonds. The molecule has 1 spiro atoms. The molecule has 2 fully saturated rings. The first-order valence-corrected chi connectivity index (χ1v) is 10.8. The fourth-order valence-electron chi connectivity index (χ4n) is 3.75. The summed E-state index contributed by atoms with van der Waals surface area (Å²) >= 11 is 1.69. The van der Waals surface area contributed by atoms with Gasteiger partial charge in [0.2, 0.25) is 0 Å². The van der Waals surface area contributed by atoms with Crippen LogP contribution in [0.15, 0.2) is 36.0 Å². The number of halogens is 3. The third-order valence-corrected chi connectivity index (χ3v) is 5.98. The number of likely N-dealkylation sites (tertiary alicyclic amines) is 1. The topological polar surface area (TPSA) is 95.9 Å². The Morgan fingerprint density at radius 2 is 1.97 bits per heavy atom. The van der Waals surface area contributed by atoms with Crippen LogP contribution in [-0.2, 0) is 16.1 Å². The number of carboxylic acids is 1. The van der Waals surface area contributed by atoms with Crippen LogP contribution in [-0.4, -0.2) is 82.3 Å². The molecule has 174 valence electrons. The molecule has 4 rings (SSSR count). The van der Waals surface area contributed by atoms with Crippen molar-refractivity contribution in [3.63, 3.8) is 0 Å². The van der Waals surface area contributed by atoms with Crippen LogP contribution in [0.1, 0.15) is 21.9 Å². The van der Waals surface area contributed by atoms with Crippen molar-refractivity contribution in [2.24, 2.45) is 5.41 Å². The maximum atomic E-state index is 12.8. The van der Waals surface area contributed by atoms with Crippen molar-refractivity contribution in [3.8, 4) is 0 Å². The molecule has 0 aliphatic carbocycles. The summed E-state index contributed by atoms with van der Waals surface area (Å²) in [6.07, 6.45) is -0.513. The van der Waals surface area contributed by atoms with Gasteiger partial charge in [0, 0.05) is 42.8 Å². The monoisotopic (exact) mass is 472 g/mol. The standard InChI is InChI=1S/C18H22N4O2S.C2HF3O2/c23-17(15-3-1-2-5-19-15)22-8-9-24-14-18(13-22)4-7-21(12-18)11-16-20-6-10-25-16;3-2(4,5)1(6)7/h1-3,5-6,10H,4,7-9,11-14H2;(H,6,7). The van der Waals surface area contributed by atoms with E-state index < -0.39 is 12.1 Å². The van der Waals surface area contributed by atoms with E-state index in [1.165, 1.54) is 0 Å². The number of alkyl halides is 3. The second kappa shape index (κ2) is 10.4. The van der Waals surface area contributed by atoms with Crippen molar-refractivity contribution in [1.82, 2.24) is 19.8 Å². The number of pyridine rings is 1. The number of carbonyl (C=O) groups excluding carboxylic acids is 1. The zero-order valence-electron chi connectivity index (χ0n) is 17.1. The van der Waals surface area contributed by atoms with E-state index in [-0.39, 0.29) is 11.3 Å². The lowest BCUT2D eigenvalue weighted by molar-refractivity contribution is -0.192. The van der Waals surface area contributed by atoms with Crippen molar-refractivity contribution < 1.29 is 32.6 Å².